The number of hydrogen-bond donors (Lipinski definition) is 2. The molecule has 27 heavy (non-hydrogen) atoms. The van der Waals surface area contributed by atoms with Crippen LogP contribution in [-0.2, 0) is 19.1 Å². The molecule has 8 nitrogen and oxygen atoms in total. The zero-order chi connectivity index (χ0) is 20.4. The summed E-state index contributed by atoms with van der Waals surface area (Å²) in [5.74, 6) is -3.64. The Hall–Kier alpha value is -2.97. The number of aliphatic hydroxyl groups is 2. The normalized spacial score (nSPS) is 12.9. The standard InChI is InChI=1S/C19H22O8/c1-4-15(22)18(12(2)19(24)25-3)16(23)8-6-13-5-7-14(26-10-20)9-17(13)27-11-21/h4-9,12,18,20-21H,1,10-11H2,2-3H3/b8-6+. The fourth-order valence-electron chi connectivity index (χ4n) is 2.37. The average Bonchev–Trinajstić information content (AvgIpc) is 2.67. The molecule has 1 rings (SSSR count). The Kier molecular flexibility index (Phi) is 8.91. The Morgan fingerprint density at radius 3 is 2.37 bits per heavy atom. The van der Waals surface area contributed by atoms with Crippen molar-refractivity contribution in [3.8, 4) is 11.5 Å². The number of ether oxygens (including phenoxy) is 3. The molecule has 0 radical (unpaired) electrons. The predicted molar refractivity (Wildman–Crippen MR) is 95.8 cm³/mol. The van der Waals surface area contributed by atoms with Crippen molar-refractivity contribution in [2.45, 2.75) is 6.92 Å². The van der Waals surface area contributed by atoms with Crippen LogP contribution < -0.4 is 9.47 Å². The highest BCUT2D eigenvalue weighted by atomic mass is 16.6. The molecule has 0 aliphatic heterocycles. The third-order valence-electron chi connectivity index (χ3n) is 3.75. The molecule has 0 amide bonds. The lowest BCUT2D eigenvalue weighted by Crippen LogP contribution is -2.33. The number of esters is 1. The highest BCUT2D eigenvalue weighted by Crippen LogP contribution is 2.27. The zero-order valence-corrected chi connectivity index (χ0v) is 15.1. The number of benzene rings is 1. The van der Waals surface area contributed by atoms with Gasteiger partial charge in [-0.15, -0.1) is 0 Å². The maximum Gasteiger partial charge on any atom is 0.309 e. The highest BCUT2D eigenvalue weighted by molar-refractivity contribution is 6.14. The van der Waals surface area contributed by atoms with Gasteiger partial charge in [0.1, 0.15) is 11.5 Å². The molecule has 0 aliphatic carbocycles. The van der Waals surface area contributed by atoms with Crippen LogP contribution in [0.25, 0.3) is 6.08 Å². The van der Waals surface area contributed by atoms with Gasteiger partial charge in [0.05, 0.1) is 18.9 Å². The first kappa shape index (κ1) is 22.1. The molecule has 2 N–H and O–H groups in total. The molecule has 0 aliphatic rings. The van der Waals surface area contributed by atoms with Gasteiger partial charge < -0.3 is 24.4 Å². The summed E-state index contributed by atoms with van der Waals surface area (Å²) in [4.78, 5) is 36.3. The lowest BCUT2D eigenvalue weighted by molar-refractivity contribution is -0.150. The second-order valence-electron chi connectivity index (χ2n) is 5.38. The largest absolute Gasteiger partial charge is 0.469 e. The molecule has 146 valence electrons. The number of ketones is 2. The molecular formula is C19H22O8. The third-order valence-corrected chi connectivity index (χ3v) is 3.75. The molecule has 0 spiro atoms. The first-order valence-electron chi connectivity index (χ1n) is 7.97. The maximum atomic E-state index is 12.5. The Morgan fingerprint density at radius 2 is 1.81 bits per heavy atom. The van der Waals surface area contributed by atoms with Gasteiger partial charge in [-0.05, 0) is 30.4 Å². The summed E-state index contributed by atoms with van der Waals surface area (Å²) in [6.45, 7) is 3.62. The minimum absolute atomic E-state index is 0.195. The number of methoxy groups -OCH3 is 1. The summed E-state index contributed by atoms with van der Waals surface area (Å²) in [6, 6.07) is 4.47. The summed E-state index contributed by atoms with van der Waals surface area (Å²) in [5, 5.41) is 17.8. The number of aliphatic hydroxyl groups excluding tert-OH is 2. The molecule has 2 unspecified atom stereocenters. The minimum atomic E-state index is -1.26. The quantitative estimate of drug-likeness (QED) is 0.254. The molecular weight excluding hydrogens is 356 g/mol. The summed E-state index contributed by atoms with van der Waals surface area (Å²) >= 11 is 0. The Labute approximate surface area is 156 Å². The molecule has 0 bridgehead atoms. The van der Waals surface area contributed by atoms with Crippen LogP contribution in [0.3, 0.4) is 0 Å². The molecule has 1 aromatic carbocycles. The zero-order valence-electron chi connectivity index (χ0n) is 15.1. The van der Waals surface area contributed by atoms with E-state index in [0.29, 0.717) is 11.3 Å². The SMILES string of the molecule is C=CC(=O)C(C(=O)/C=C/c1ccc(OCO)cc1OCO)C(C)C(=O)OC. The minimum Gasteiger partial charge on any atom is -0.469 e. The van der Waals surface area contributed by atoms with Gasteiger partial charge in [-0.2, -0.15) is 0 Å². The Morgan fingerprint density at radius 1 is 1.15 bits per heavy atom. The third kappa shape index (κ3) is 6.05. The smallest absolute Gasteiger partial charge is 0.309 e. The Balaban J connectivity index is 3.13. The van der Waals surface area contributed by atoms with Gasteiger partial charge in [0.15, 0.2) is 25.2 Å². The van der Waals surface area contributed by atoms with Crippen molar-refractivity contribution in [1.82, 2.24) is 0 Å². The van der Waals surface area contributed by atoms with E-state index in [9.17, 15) is 14.4 Å². The summed E-state index contributed by atoms with van der Waals surface area (Å²) in [6.07, 6.45) is 3.50. The van der Waals surface area contributed by atoms with Gasteiger partial charge in [0, 0.05) is 11.6 Å². The lowest BCUT2D eigenvalue weighted by atomic mass is 9.86. The van der Waals surface area contributed by atoms with E-state index in [1.165, 1.54) is 38.3 Å². The fourth-order valence-corrected chi connectivity index (χ4v) is 2.37. The highest BCUT2D eigenvalue weighted by Gasteiger charge is 2.34. The van der Waals surface area contributed by atoms with Crippen LogP contribution in [0.2, 0.25) is 0 Å². The van der Waals surface area contributed by atoms with Gasteiger partial charge in [0.25, 0.3) is 0 Å². The van der Waals surface area contributed by atoms with Crippen LogP contribution in [0, 0.1) is 11.8 Å². The second-order valence-corrected chi connectivity index (χ2v) is 5.38. The number of carbonyl (C=O) groups is 3. The van der Waals surface area contributed by atoms with E-state index in [0.717, 1.165) is 12.2 Å². The van der Waals surface area contributed by atoms with Crippen LogP contribution in [0.5, 0.6) is 11.5 Å². The van der Waals surface area contributed by atoms with E-state index in [2.05, 4.69) is 11.3 Å². The van der Waals surface area contributed by atoms with Crippen LogP contribution in [0.4, 0.5) is 0 Å². The van der Waals surface area contributed by atoms with E-state index in [-0.39, 0.29) is 5.75 Å². The summed E-state index contributed by atoms with van der Waals surface area (Å²) in [7, 11) is 1.17. The van der Waals surface area contributed by atoms with Crippen LogP contribution in [0.15, 0.2) is 36.9 Å². The number of allylic oxidation sites excluding steroid dienone is 2. The van der Waals surface area contributed by atoms with E-state index < -0.39 is 43.0 Å². The molecule has 1 aromatic rings. The molecule has 0 saturated carbocycles. The topological polar surface area (TPSA) is 119 Å². The van der Waals surface area contributed by atoms with Crippen molar-refractivity contribution in [2.24, 2.45) is 11.8 Å². The van der Waals surface area contributed by atoms with Gasteiger partial charge in [-0.3, -0.25) is 14.4 Å². The van der Waals surface area contributed by atoms with E-state index in [1.54, 1.807) is 0 Å². The second kappa shape index (κ2) is 10.9. The van der Waals surface area contributed by atoms with E-state index >= 15 is 0 Å². The first-order chi connectivity index (χ1) is 12.9. The van der Waals surface area contributed by atoms with Crippen molar-refractivity contribution in [2.75, 3.05) is 20.7 Å². The van der Waals surface area contributed by atoms with Crippen molar-refractivity contribution >= 4 is 23.6 Å². The van der Waals surface area contributed by atoms with Crippen molar-refractivity contribution in [3.05, 3.63) is 42.5 Å². The predicted octanol–water partition coefficient (Wildman–Crippen LogP) is 1.11. The molecule has 0 saturated heterocycles. The van der Waals surface area contributed by atoms with Crippen LogP contribution >= 0.6 is 0 Å². The Bertz CT molecular complexity index is 722. The van der Waals surface area contributed by atoms with E-state index in [1.807, 2.05) is 0 Å². The monoisotopic (exact) mass is 378 g/mol. The lowest BCUT2D eigenvalue weighted by Gasteiger charge is -2.17. The molecule has 8 heteroatoms. The van der Waals surface area contributed by atoms with Crippen molar-refractivity contribution in [3.63, 3.8) is 0 Å². The molecule has 0 aromatic heterocycles. The fraction of sp³-hybridized carbons (Fsp3) is 0.316. The van der Waals surface area contributed by atoms with Gasteiger partial charge in [-0.1, -0.05) is 13.5 Å². The van der Waals surface area contributed by atoms with Crippen molar-refractivity contribution in [1.29, 1.82) is 0 Å². The van der Waals surface area contributed by atoms with Gasteiger partial charge in [0.2, 0.25) is 0 Å². The average molecular weight is 378 g/mol. The van der Waals surface area contributed by atoms with Gasteiger partial charge >= 0.3 is 5.97 Å². The molecule has 2 atom stereocenters. The maximum absolute atomic E-state index is 12.5. The van der Waals surface area contributed by atoms with Crippen LogP contribution in [-0.4, -0.2) is 48.4 Å². The van der Waals surface area contributed by atoms with Gasteiger partial charge in [-0.25, -0.2) is 0 Å². The molecule has 0 heterocycles. The van der Waals surface area contributed by atoms with Crippen molar-refractivity contribution < 1.29 is 38.8 Å². The number of hydrogen-bond acceptors (Lipinski definition) is 8. The first-order valence-corrected chi connectivity index (χ1v) is 7.97. The number of rotatable bonds is 11. The number of carbonyl (C=O) groups excluding carboxylic acids is 3. The summed E-state index contributed by atoms with van der Waals surface area (Å²) < 4.78 is 14.6. The molecule has 0 fully saturated rings. The van der Waals surface area contributed by atoms with E-state index in [4.69, 9.17) is 19.7 Å². The summed E-state index contributed by atoms with van der Waals surface area (Å²) in [5.41, 5.74) is 0.415. The van der Waals surface area contributed by atoms with Crippen LogP contribution in [0.1, 0.15) is 12.5 Å².